The minimum absolute atomic E-state index is 0.109. The van der Waals surface area contributed by atoms with Crippen LogP contribution in [0.25, 0.3) is 10.8 Å². The molecular formula is C34H42N2O6. The molecule has 0 saturated carbocycles. The van der Waals surface area contributed by atoms with E-state index in [4.69, 9.17) is 9.47 Å². The molecular weight excluding hydrogens is 532 g/mol. The summed E-state index contributed by atoms with van der Waals surface area (Å²) in [6.07, 6.45) is 3.25. The lowest BCUT2D eigenvalue weighted by atomic mass is 10.0. The number of nitrogens with zero attached hydrogens (tertiary/aromatic N) is 1. The van der Waals surface area contributed by atoms with Gasteiger partial charge in [-0.3, -0.25) is 9.59 Å². The number of aliphatic carboxylic acids is 1. The fourth-order valence-electron chi connectivity index (χ4n) is 5.46. The summed E-state index contributed by atoms with van der Waals surface area (Å²) in [6, 6.07) is 22.1. The zero-order valence-electron chi connectivity index (χ0n) is 24.8. The molecule has 2 amide bonds. The van der Waals surface area contributed by atoms with Crippen molar-refractivity contribution < 1.29 is 29.0 Å². The number of carboxylic acids is 1. The van der Waals surface area contributed by atoms with Crippen LogP contribution in [0.2, 0.25) is 0 Å². The second-order valence-corrected chi connectivity index (χ2v) is 11.9. The van der Waals surface area contributed by atoms with Gasteiger partial charge in [0.25, 0.3) is 0 Å². The predicted octanol–water partition coefficient (Wildman–Crippen LogP) is 6.00. The second-order valence-electron chi connectivity index (χ2n) is 11.9. The Hall–Kier alpha value is -4.07. The third-order valence-corrected chi connectivity index (χ3v) is 7.48. The maximum absolute atomic E-state index is 13.2. The Morgan fingerprint density at radius 1 is 0.976 bits per heavy atom. The highest BCUT2D eigenvalue weighted by Gasteiger charge is 2.40. The molecule has 1 heterocycles. The summed E-state index contributed by atoms with van der Waals surface area (Å²) >= 11 is 0. The molecule has 1 aliphatic rings. The number of carbonyl (C=O) groups excluding carboxylic acids is 2. The number of nitrogens with one attached hydrogen (secondary N) is 1. The number of rotatable bonds is 13. The van der Waals surface area contributed by atoms with E-state index in [1.165, 1.54) is 16.5 Å². The molecule has 0 radical (unpaired) electrons. The molecule has 4 rings (SSSR count). The minimum atomic E-state index is -0.958. The molecule has 0 aromatic heterocycles. The lowest BCUT2D eigenvalue weighted by molar-refractivity contribution is -0.142. The van der Waals surface area contributed by atoms with Crippen LogP contribution in [0.1, 0.15) is 57.6 Å². The molecule has 0 spiro atoms. The van der Waals surface area contributed by atoms with E-state index in [1.807, 2.05) is 68.1 Å². The number of carboxylic acid groups (broad SMARTS) is 1. The van der Waals surface area contributed by atoms with Crippen LogP contribution in [0.15, 0.2) is 66.7 Å². The van der Waals surface area contributed by atoms with Crippen molar-refractivity contribution in [3.05, 3.63) is 77.9 Å². The lowest BCUT2D eigenvalue weighted by Gasteiger charge is -2.25. The molecule has 2 N–H and O–H groups in total. The number of alkyl carbamates (subject to hydrolysis) is 1. The average molecular weight is 575 g/mol. The van der Waals surface area contributed by atoms with Crippen molar-refractivity contribution in [2.75, 3.05) is 19.7 Å². The molecule has 1 saturated heterocycles. The van der Waals surface area contributed by atoms with Crippen molar-refractivity contribution in [3.63, 3.8) is 0 Å². The molecule has 0 unspecified atom stereocenters. The number of hydrogen-bond acceptors (Lipinski definition) is 5. The lowest BCUT2D eigenvalue weighted by Crippen LogP contribution is -2.39. The van der Waals surface area contributed by atoms with Gasteiger partial charge < -0.3 is 24.8 Å². The maximum Gasteiger partial charge on any atom is 0.407 e. The van der Waals surface area contributed by atoms with E-state index in [0.717, 1.165) is 24.6 Å². The van der Waals surface area contributed by atoms with E-state index >= 15 is 0 Å². The first-order valence-electron chi connectivity index (χ1n) is 14.8. The van der Waals surface area contributed by atoms with Crippen LogP contribution in [0.5, 0.6) is 5.75 Å². The summed E-state index contributed by atoms with van der Waals surface area (Å²) in [7, 11) is 0. The van der Waals surface area contributed by atoms with E-state index in [-0.39, 0.29) is 18.4 Å². The summed E-state index contributed by atoms with van der Waals surface area (Å²) in [4.78, 5) is 38.2. The van der Waals surface area contributed by atoms with Gasteiger partial charge in [-0.1, -0.05) is 54.6 Å². The Balaban J connectivity index is 1.28. The predicted molar refractivity (Wildman–Crippen MR) is 163 cm³/mol. The highest BCUT2D eigenvalue weighted by molar-refractivity contribution is 5.87. The standard InChI is InChI=1S/C34H42N2O6/c1-34(2,3)42-33(40)35-19-7-6-9-24-14-16-29(17-15-24)41-23-28-21-27(22-31(37)38)32(39)36(28)20-18-26-12-8-11-25-10-4-5-13-30(25)26/h4-5,8,10-17,27-28H,6-7,9,18-23H2,1-3H3,(H,35,40)(H,37,38)/t27-,28-/m0/s1. The van der Waals surface area contributed by atoms with Gasteiger partial charge >= 0.3 is 12.1 Å². The van der Waals surface area contributed by atoms with Crippen LogP contribution >= 0.6 is 0 Å². The molecule has 8 nitrogen and oxygen atoms in total. The molecule has 0 bridgehead atoms. The highest BCUT2D eigenvalue weighted by atomic mass is 16.6. The summed E-state index contributed by atoms with van der Waals surface area (Å²) in [5.41, 5.74) is 1.84. The van der Waals surface area contributed by atoms with Gasteiger partial charge in [0.15, 0.2) is 0 Å². The first-order chi connectivity index (χ1) is 20.1. The Kier molecular flexibility index (Phi) is 10.4. The summed E-state index contributed by atoms with van der Waals surface area (Å²) < 4.78 is 11.4. The van der Waals surface area contributed by atoms with Gasteiger partial charge in [0, 0.05) is 13.1 Å². The van der Waals surface area contributed by atoms with Crippen molar-refractivity contribution in [3.8, 4) is 5.75 Å². The Labute approximate surface area is 248 Å². The number of likely N-dealkylation sites (tertiary alicyclic amines) is 1. The molecule has 1 fully saturated rings. The summed E-state index contributed by atoms with van der Waals surface area (Å²) in [5, 5.41) is 14.5. The van der Waals surface area contributed by atoms with Gasteiger partial charge in [-0.15, -0.1) is 0 Å². The first-order valence-corrected chi connectivity index (χ1v) is 14.8. The molecule has 1 aliphatic heterocycles. The van der Waals surface area contributed by atoms with Crippen LogP contribution in [0.3, 0.4) is 0 Å². The molecule has 3 aromatic rings. The van der Waals surface area contributed by atoms with Crippen molar-refractivity contribution in [1.82, 2.24) is 10.2 Å². The second kappa shape index (κ2) is 14.2. The Morgan fingerprint density at radius 3 is 2.45 bits per heavy atom. The largest absolute Gasteiger partial charge is 0.491 e. The number of amides is 2. The van der Waals surface area contributed by atoms with Crippen molar-refractivity contribution in [2.45, 2.75) is 70.9 Å². The average Bonchev–Trinajstić information content (AvgIpc) is 3.23. The van der Waals surface area contributed by atoms with E-state index < -0.39 is 23.6 Å². The number of benzene rings is 3. The summed E-state index contributed by atoms with van der Waals surface area (Å²) in [6.45, 7) is 6.91. The van der Waals surface area contributed by atoms with Crippen LogP contribution in [-0.4, -0.2) is 59.3 Å². The normalized spacial score (nSPS) is 16.9. The van der Waals surface area contributed by atoms with Gasteiger partial charge in [0.05, 0.1) is 18.4 Å². The summed E-state index contributed by atoms with van der Waals surface area (Å²) in [5.74, 6) is -0.882. The number of aryl methyl sites for hydroxylation is 1. The molecule has 224 valence electrons. The molecule has 3 aromatic carbocycles. The molecule has 42 heavy (non-hydrogen) atoms. The van der Waals surface area contributed by atoms with E-state index in [2.05, 4.69) is 29.6 Å². The van der Waals surface area contributed by atoms with E-state index in [1.54, 1.807) is 0 Å². The molecule has 0 aliphatic carbocycles. The Bertz CT molecular complexity index is 1360. The van der Waals surface area contributed by atoms with E-state index in [9.17, 15) is 19.5 Å². The van der Waals surface area contributed by atoms with Crippen LogP contribution in [0, 0.1) is 5.92 Å². The fraction of sp³-hybridized carbons (Fsp3) is 0.441. The van der Waals surface area contributed by atoms with Crippen molar-refractivity contribution >= 4 is 28.7 Å². The van der Waals surface area contributed by atoms with Gasteiger partial charge in [-0.25, -0.2) is 4.79 Å². The third-order valence-electron chi connectivity index (χ3n) is 7.48. The van der Waals surface area contributed by atoms with Gasteiger partial charge in [0.1, 0.15) is 18.0 Å². The highest BCUT2D eigenvalue weighted by Crippen LogP contribution is 2.29. The maximum atomic E-state index is 13.2. The fourth-order valence-corrected chi connectivity index (χ4v) is 5.46. The van der Waals surface area contributed by atoms with Crippen LogP contribution in [0.4, 0.5) is 4.79 Å². The topological polar surface area (TPSA) is 105 Å². The minimum Gasteiger partial charge on any atom is -0.491 e. The van der Waals surface area contributed by atoms with Crippen molar-refractivity contribution in [1.29, 1.82) is 0 Å². The van der Waals surface area contributed by atoms with Gasteiger partial charge in [0.2, 0.25) is 5.91 Å². The quantitative estimate of drug-likeness (QED) is 0.243. The van der Waals surface area contributed by atoms with Crippen LogP contribution < -0.4 is 10.1 Å². The smallest absolute Gasteiger partial charge is 0.407 e. The monoisotopic (exact) mass is 574 g/mol. The van der Waals surface area contributed by atoms with Gasteiger partial charge in [-0.05, 0) is 86.9 Å². The van der Waals surface area contributed by atoms with E-state index in [0.29, 0.717) is 38.3 Å². The zero-order valence-corrected chi connectivity index (χ0v) is 24.8. The number of carbonyl (C=O) groups is 3. The van der Waals surface area contributed by atoms with Crippen molar-refractivity contribution in [2.24, 2.45) is 5.92 Å². The zero-order chi connectivity index (χ0) is 30.1. The number of unbranched alkanes of at least 4 members (excludes halogenated alkanes) is 1. The third kappa shape index (κ3) is 8.96. The molecule has 2 atom stereocenters. The van der Waals surface area contributed by atoms with Crippen LogP contribution in [-0.2, 0) is 27.2 Å². The number of fused-ring (bicyclic) bond motifs is 1. The SMILES string of the molecule is CC(C)(C)OC(=O)NCCCCc1ccc(OC[C@@H]2C[C@@H](CC(=O)O)C(=O)N2CCc2cccc3ccccc23)cc1. The number of ether oxygens (including phenoxy) is 2. The first kappa shape index (κ1) is 30.9. The van der Waals surface area contributed by atoms with Gasteiger partial charge in [-0.2, -0.15) is 0 Å². The number of hydrogen-bond donors (Lipinski definition) is 2. The Morgan fingerprint density at radius 2 is 1.71 bits per heavy atom. The molecule has 8 heteroatoms.